The van der Waals surface area contributed by atoms with Gasteiger partial charge in [-0.25, -0.2) is 0 Å². The van der Waals surface area contributed by atoms with Crippen molar-refractivity contribution in [2.75, 3.05) is 0 Å². The largest absolute Gasteiger partial charge is 0.387 e. The van der Waals surface area contributed by atoms with Gasteiger partial charge in [-0.15, -0.1) is 0 Å². The Morgan fingerprint density at radius 1 is 0.895 bits per heavy atom. The SMILES string of the molecule is C[C@@H](N)[C@@H](O)c1c2ccccc2cc2ccccc12. The molecule has 0 aliphatic heterocycles. The van der Waals surface area contributed by atoms with Crippen molar-refractivity contribution in [3.8, 4) is 0 Å². The zero-order valence-corrected chi connectivity index (χ0v) is 10.9. The molecule has 3 N–H and O–H groups in total. The van der Waals surface area contributed by atoms with Gasteiger partial charge >= 0.3 is 0 Å². The highest BCUT2D eigenvalue weighted by Gasteiger charge is 2.18. The Morgan fingerprint density at radius 3 is 1.84 bits per heavy atom. The van der Waals surface area contributed by atoms with Crippen LogP contribution in [0.5, 0.6) is 0 Å². The van der Waals surface area contributed by atoms with Crippen LogP contribution in [0.2, 0.25) is 0 Å². The molecule has 0 aliphatic rings. The number of aliphatic hydroxyl groups is 1. The quantitative estimate of drug-likeness (QED) is 0.686. The Bertz CT molecular complexity index is 679. The molecule has 3 aromatic rings. The second kappa shape index (κ2) is 4.65. The van der Waals surface area contributed by atoms with Gasteiger partial charge in [0.15, 0.2) is 0 Å². The zero-order valence-electron chi connectivity index (χ0n) is 10.9. The fourth-order valence-corrected chi connectivity index (χ4v) is 2.63. The topological polar surface area (TPSA) is 46.2 Å². The van der Waals surface area contributed by atoms with Crippen LogP contribution in [-0.4, -0.2) is 11.1 Å². The average molecular weight is 251 g/mol. The predicted molar refractivity (Wildman–Crippen MR) is 80.1 cm³/mol. The van der Waals surface area contributed by atoms with Crippen LogP contribution in [-0.2, 0) is 0 Å². The first kappa shape index (κ1) is 12.2. The summed E-state index contributed by atoms with van der Waals surface area (Å²) in [6, 6.07) is 18.1. The van der Waals surface area contributed by atoms with E-state index in [2.05, 4.69) is 18.2 Å². The van der Waals surface area contributed by atoms with E-state index in [0.717, 1.165) is 27.1 Å². The standard InChI is InChI=1S/C17H17NO/c1-11(18)17(19)16-14-8-4-2-6-12(14)10-13-7-3-5-9-15(13)16/h2-11,17,19H,18H2,1H3/t11-,17-/m1/s1. The third kappa shape index (κ3) is 1.99. The molecule has 0 aromatic heterocycles. The van der Waals surface area contributed by atoms with E-state index in [1.807, 2.05) is 43.3 Å². The van der Waals surface area contributed by atoms with E-state index >= 15 is 0 Å². The van der Waals surface area contributed by atoms with Crippen molar-refractivity contribution in [3.63, 3.8) is 0 Å². The second-order valence-corrected chi connectivity index (χ2v) is 5.04. The molecule has 0 spiro atoms. The molecule has 2 heteroatoms. The minimum Gasteiger partial charge on any atom is -0.387 e. The first-order chi connectivity index (χ1) is 9.18. The summed E-state index contributed by atoms with van der Waals surface area (Å²) < 4.78 is 0. The molecule has 19 heavy (non-hydrogen) atoms. The second-order valence-electron chi connectivity index (χ2n) is 5.04. The summed E-state index contributed by atoms with van der Waals surface area (Å²) in [6.45, 7) is 1.83. The monoisotopic (exact) mass is 251 g/mol. The minimum atomic E-state index is -0.656. The molecule has 0 fully saturated rings. The molecule has 2 atom stereocenters. The molecule has 3 aromatic carbocycles. The molecule has 0 saturated carbocycles. The van der Waals surface area contributed by atoms with Gasteiger partial charge in [-0.1, -0.05) is 48.5 Å². The lowest BCUT2D eigenvalue weighted by molar-refractivity contribution is 0.156. The summed E-state index contributed by atoms with van der Waals surface area (Å²) in [4.78, 5) is 0. The molecule has 2 nitrogen and oxygen atoms in total. The number of aliphatic hydroxyl groups excluding tert-OH is 1. The molecular weight excluding hydrogens is 234 g/mol. The molecule has 0 radical (unpaired) electrons. The molecule has 0 bridgehead atoms. The van der Waals surface area contributed by atoms with E-state index in [4.69, 9.17) is 5.73 Å². The van der Waals surface area contributed by atoms with Gasteiger partial charge in [-0.3, -0.25) is 0 Å². The first-order valence-electron chi connectivity index (χ1n) is 6.52. The van der Waals surface area contributed by atoms with Crippen LogP contribution in [0.15, 0.2) is 54.6 Å². The summed E-state index contributed by atoms with van der Waals surface area (Å²) in [5.74, 6) is 0. The number of nitrogens with two attached hydrogens (primary N) is 1. The maximum absolute atomic E-state index is 10.5. The van der Waals surface area contributed by atoms with Crippen molar-refractivity contribution >= 4 is 21.5 Å². The summed E-state index contributed by atoms with van der Waals surface area (Å²) in [5, 5.41) is 14.9. The molecule has 0 saturated heterocycles. The Balaban J connectivity index is 2.46. The first-order valence-corrected chi connectivity index (χ1v) is 6.52. The van der Waals surface area contributed by atoms with E-state index in [0.29, 0.717) is 0 Å². The fraction of sp³-hybridized carbons (Fsp3) is 0.176. The van der Waals surface area contributed by atoms with E-state index in [1.165, 1.54) is 0 Å². The van der Waals surface area contributed by atoms with Gasteiger partial charge in [-0.2, -0.15) is 0 Å². The molecule has 0 heterocycles. The lowest BCUT2D eigenvalue weighted by Crippen LogP contribution is -2.24. The molecule has 0 amide bonds. The lowest BCUT2D eigenvalue weighted by Gasteiger charge is -2.19. The van der Waals surface area contributed by atoms with Crippen LogP contribution in [0.4, 0.5) is 0 Å². The van der Waals surface area contributed by atoms with Gasteiger partial charge in [0, 0.05) is 6.04 Å². The number of fused-ring (bicyclic) bond motifs is 2. The zero-order chi connectivity index (χ0) is 13.4. The summed E-state index contributed by atoms with van der Waals surface area (Å²) >= 11 is 0. The highest BCUT2D eigenvalue weighted by Crippen LogP contribution is 2.33. The third-order valence-electron chi connectivity index (χ3n) is 3.61. The summed E-state index contributed by atoms with van der Waals surface area (Å²) in [7, 11) is 0. The van der Waals surface area contributed by atoms with Gasteiger partial charge in [-0.05, 0) is 40.1 Å². The summed E-state index contributed by atoms with van der Waals surface area (Å²) in [6.07, 6.45) is -0.656. The van der Waals surface area contributed by atoms with Gasteiger partial charge in [0.2, 0.25) is 0 Å². The lowest BCUT2D eigenvalue weighted by atomic mass is 9.91. The van der Waals surface area contributed by atoms with Gasteiger partial charge in [0.05, 0.1) is 6.10 Å². The van der Waals surface area contributed by atoms with E-state index < -0.39 is 6.10 Å². The highest BCUT2D eigenvalue weighted by molar-refractivity contribution is 6.02. The van der Waals surface area contributed by atoms with Crippen molar-refractivity contribution in [1.29, 1.82) is 0 Å². The Labute approximate surface area is 112 Å². The summed E-state index contributed by atoms with van der Waals surface area (Å²) in [5.41, 5.74) is 6.83. The number of hydrogen-bond donors (Lipinski definition) is 2. The Kier molecular flexibility index (Phi) is 2.97. The van der Waals surface area contributed by atoms with E-state index in [9.17, 15) is 5.11 Å². The number of rotatable bonds is 2. The number of benzene rings is 3. The van der Waals surface area contributed by atoms with Gasteiger partial charge in [0.25, 0.3) is 0 Å². The van der Waals surface area contributed by atoms with Crippen LogP contribution < -0.4 is 5.73 Å². The van der Waals surface area contributed by atoms with Gasteiger partial charge < -0.3 is 10.8 Å². The molecule has 96 valence electrons. The fourth-order valence-electron chi connectivity index (χ4n) is 2.63. The molecular formula is C17H17NO. The van der Waals surface area contributed by atoms with Crippen molar-refractivity contribution < 1.29 is 5.11 Å². The molecule has 0 unspecified atom stereocenters. The van der Waals surface area contributed by atoms with Crippen molar-refractivity contribution in [2.24, 2.45) is 5.73 Å². The van der Waals surface area contributed by atoms with Crippen molar-refractivity contribution in [1.82, 2.24) is 0 Å². The van der Waals surface area contributed by atoms with Crippen molar-refractivity contribution in [3.05, 3.63) is 60.2 Å². The average Bonchev–Trinajstić information content (AvgIpc) is 2.43. The normalized spacial score (nSPS) is 14.7. The smallest absolute Gasteiger partial charge is 0.0950 e. The van der Waals surface area contributed by atoms with E-state index in [1.54, 1.807) is 0 Å². The highest BCUT2D eigenvalue weighted by atomic mass is 16.3. The third-order valence-corrected chi connectivity index (χ3v) is 3.61. The van der Waals surface area contributed by atoms with Crippen LogP contribution >= 0.6 is 0 Å². The maximum atomic E-state index is 10.5. The van der Waals surface area contributed by atoms with Crippen LogP contribution in [0.25, 0.3) is 21.5 Å². The predicted octanol–water partition coefficient (Wildman–Crippen LogP) is 3.37. The maximum Gasteiger partial charge on any atom is 0.0950 e. The van der Waals surface area contributed by atoms with Crippen LogP contribution in [0.3, 0.4) is 0 Å². The van der Waals surface area contributed by atoms with Crippen LogP contribution in [0, 0.1) is 0 Å². The number of hydrogen-bond acceptors (Lipinski definition) is 2. The van der Waals surface area contributed by atoms with Crippen LogP contribution in [0.1, 0.15) is 18.6 Å². The van der Waals surface area contributed by atoms with E-state index in [-0.39, 0.29) is 6.04 Å². The molecule has 3 rings (SSSR count). The van der Waals surface area contributed by atoms with Gasteiger partial charge in [0.1, 0.15) is 0 Å². The van der Waals surface area contributed by atoms with Crippen molar-refractivity contribution in [2.45, 2.75) is 19.1 Å². The Morgan fingerprint density at radius 2 is 1.37 bits per heavy atom. The molecule has 0 aliphatic carbocycles. The Hall–Kier alpha value is -1.90. The minimum absolute atomic E-state index is 0.297.